The highest BCUT2D eigenvalue weighted by Crippen LogP contribution is 2.60. The van der Waals surface area contributed by atoms with Crippen molar-refractivity contribution in [1.29, 1.82) is 0 Å². The van der Waals surface area contributed by atoms with Crippen molar-refractivity contribution in [2.24, 2.45) is 17.8 Å². The normalized spacial score (nSPS) is 25.2. The third kappa shape index (κ3) is 6.46. The highest BCUT2D eigenvalue weighted by molar-refractivity contribution is 7.92. The number of hydrogen-bond donors (Lipinski definition) is 1. The molecule has 8 nitrogen and oxygen atoms in total. The SMILES string of the molecule is COc1ccc(CN(C(=O)CN(c2ccc(C34CC5CC(CC(C5)C3)C4)cc2)S(C)(=O)=O)C(C)C(=O)NC(C)C)cc1. The summed E-state index contributed by atoms with van der Waals surface area (Å²) in [6.45, 7) is 5.14. The summed E-state index contributed by atoms with van der Waals surface area (Å²) in [5.74, 6) is 2.38. The fraction of sp³-hybridized carbons (Fsp3) is 0.576. The molecule has 42 heavy (non-hydrogen) atoms. The molecule has 0 radical (unpaired) electrons. The number of rotatable bonds is 11. The first-order valence-corrected chi connectivity index (χ1v) is 17.0. The summed E-state index contributed by atoms with van der Waals surface area (Å²) in [7, 11) is -2.20. The van der Waals surface area contributed by atoms with Crippen molar-refractivity contribution in [3.05, 3.63) is 59.7 Å². The number of ether oxygens (including phenoxy) is 1. The quantitative estimate of drug-likeness (QED) is 0.400. The topological polar surface area (TPSA) is 96.0 Å². The van der Waals surface area contributed by atoms with Crippen LogP contribution < -0.4 is 14.4 Å². The number of carbonyl (C=O) groups is 2. The molecule has 0 heterocycles. The summed E-state index contributed by atoms with van der Waals surface area (Å²) < 4.78 is 32.5. The molecule has 2 amide bonds. The molecule has 4 bridgehead atoms. The minimum atomic E-state index is -3.78. The predicted octanol–water partition coefficient (Wildman–Crippen LogP) is 4.87. The Morgan fingerprint density at radius 1 is 0.929 bits per heavy atom. The number of nitrogens with one attached hydrogen (secondary N) is 1. The van der Waals surface area contributed by atoms with Crippen LogP contribution in [-0.4, -0.2) is 57.1 Å². The Kier molecular flexibility index (Phi) is 8.61. The molecule has 4 saturated carbocycles. The van der Waals surface area contributed by atoms with Crippen molar-refractivity contribution in [3.8, 4) is 5.75 Å². The van der Waals surface area contributed by atoms with Crippen LogP contribution in [0.4, 0.5) is 5.69 Å². The summed E-state index contributed by atoms with van der Waals surface area (Å²) in [5, 5.41) is 2.87. The minimum absolute atomic E-state index is 0.0992. The molecule has 4 fully saturated rings. The van der Waals surface area contributed by atoms with Gasteiger partial charge in [-0.05, 0) is 118 Å². The van der Waals surface area contributed by atoms with Crippen LogP contribution in [0, 0.1) is 17.8 Å². The van der Waals surface area contributed by atoms with Gasteiger partial charge in [0.15, 0.2) is 0 Å². The number of amides is 2. The van der Waals surface area contributed by atoms with Crippen LogP contribution in [0.1, 0.15) is 70.4 Å². The number of methoxy groups -OCH3 is 1. The molecule has 228 valence electrons. The summed E-state index contributed by atoms with van der Waals surface area (Å²) in [6.07, 6.45) is 8.89. The second-order valence-electron chi connectivity index (χ2n) is 13.2. The molecular weight excluding hydrogens is 550 g/mol. The standard InChI is InChI=1S/C33H45N3O5S/c1-22(2)34-32(38)23(3)35(20-24-6-12-30(41-4)13-7-24)31(37)21-36(42(5,39)40)29-10-8-28(9-11-29)33-17-25-14-26(18-33)16-27(15-25)19-33/h6-13,22-23,25-27H,14-21H2,1-5H3,(H,34,38). The molecule has 1 unspecified atom stereocenters. The number of benzene rings is 2. The monoisotopic (exact) mass is 595 g/mol. The van der Waals surface area contributed by atoms with E-state index in [1.165, 1.54) is 49.0 Å². The van der Waals surface area contributed by atoms with Crippen LogP contribution in [0.15, 0.2) is 48.5 Å². The second-order valence-corrected chi connectivity index (χ2v) is 15.1. The Morgan fingerprint density at radius 3 is 1.95 bits per heavy atom. The van der Waals surface area contributed by atoms with Crippen LogP contribution >= 0.6 is 0 Å². The van der Waals surface area contributed by atoms with Gasteiger partial charge in [-0.1, -0.05) is 24.3 Å². The van der Waals surface area contributed by atoms with E-state index in [2.05, 4.69) is 17.4 Å². The second kappa shape index (κ2) is 11.9. The molecule has 6 rings (SSSR count). The van der Waals surface area contributed by atoms with Crippen LogP contribution in [0.2, 0.25) is 0 Å². The maximum Gasteiger partial charge on any atom is 0.244 e. The van der Waals surface area contributed by atoms with Gasteiger partial charge in [-0.3, -0.25) is 13.9 Å². The van der Waals surface area contributed by atoms with E-state index in [1.54, 1.807) is 26.2 Å². The lowest BCUT2D eigenvalue weighted by Gasteiger charge is -2.57. The smallest absolute Gasteiger partial charge is 0.244 e. The zero-order valence-corrected chi connectivity index (χ0v) is 26.3. The number of nitrogens with zero attached hydrogens (tertiary/aromatic N) is 2. The Bertz CT molecular complexity index is 1350. The molecule has 0 saturated heterocycles. The third-order valence-electron chi connectivity index (χ3n) is 9.60. The molecule has 9 heteroatoms. The molecule has 1 atom stereocenters. The van der Waals surface area contributed by atoms with E-state index in [0.717, 1.165) is 33.9 Å². The van der Waals surface area contributed by atoms with Crippen molar-refractivity contribution in [2.45, 2.75) is 83.3 Å². The van der Waals surface area contributed by atoms with Gasteiger partial charge < -0.3 is 15.0 Å². The first-order chi connectivity index (χ1) is 19.9. The number of carbonyl (C=O) groups excluding carboxylic acids is 2. The maximum atomic E-state index is 13.8. The van der Waals surface area contributed by atoms with Crippen LogP contribution in [0.25, 0.3) is 0 Å². The summed E-state index contributed by atoms with van der Waals surface area (Å²) >= 11 is 0. The zero-order chi connectivity index (χ0) is 30.2. The summed E-state index contributed by atoms with van der Waals surface area (Å²) in [5.41, 5.74) is 2.76. The maximum absolute atomic E-state index is 13.8. The molecule has 2 aromatic rings. The molecule has 0 aliphatic heterocycles. The van der Waals surface area contributed by atoms with Crippen molar-refractivity contribution in [2.75, 3.05) is 24.2 Å². The number of hydrogen-bond acceptors (Lipinski definition) is 5. The highest BCUT2D eigenvalue weighted by atomic mass is 32.2. The van der Waals surface area contributed by atoms with Crippen molar-refractivity contribution < 1.29 is 22.7 Å². The molecular formula is C33H45N3O5S. The Labute approximate surface area is 250 Å². The Hall–Kier alpha value is -3.07. The number of anilines is 1. The zero-order valence-electron chi connectivity index (χ0n) is 25.5. The Morgan fingerprint density at radius 2 is 1.48 bits per heavy atom. The van der Waals surface area contributed by atoms with Gasteiger partial charge in [-0.15, -0.1) is 0 Å². The van der Waals surface area contributed by atoms with Gasteiger partial charge in [0.2, 0.25) is 21.8 Å². The lowest BCUT2D eigenvalue weighted by molar-refractivity contribution is -0.139. The van der Waals surface area contributed by atoms with E-state index in [9.17, 15) is 18.0 Å². The van der Waals surface area contributed by atoms with E-state index in [4.69, 9.17) is 4.74 Å². The molecule has 4 aliphatic carbocycles. The Balaban J connectivity index is 1.38. The van der Waals surface area contributed by atoms with Gasteiger partial charge in [-0.2, -0.15) is 0 Å². The van der Waals surface area contributed by atoms with Crippen molar-refractivity contribution >= 4 is 27.5 Å². The van der Waals surface area contributed by atoms with E-state index in [1.807, 2.05) is 38.1 Å². The van der Waals surface area contributed by atoms with Gasteiger partial charge in [0.25, 0.3) is 0 Å². The van der Waals surface area contributed by atoms with Gasteiger partial charge in [0.05, 0.1) is 19.1 Å². The van der Waals surface area contributed by atoms with E-state index in [-0.39, 0.29) is 23.9 Å². The lowest BCUT2D eigenvalue weighted by Crippen LogP contribution is -2.52. The first-order valence-electron chi connectivity index (χ1n) is 15.2. The van der Waals surface area contributed by atoms with Gasteiger partial charge in [0, 0.05) is 12.6 Å². The molecule has 0 aromatic heterocycles. The first kappa shape index (κ1) is 30.4. The average Bonchev–Trinajstić information content (AvgIpc) is 2.93. The van der Waals surface area contributed by atoms with Gasteiger partial charge in [-0.25, -0.2) is 8.42 Å². The molecule has 2 aromatic carbocycles. The molecule has 4 aliphatic rings. The largest absolute Gasteiger partial charge is 0.497 e. The van der Waals surface area contributed by atoms with Gasteiger partial charge >= 0.3 is 0 Å². The van der Waals surface area contributed by atoms with Crippen molar-refractivity contribution in [3.63, 3.8) is 0 Å². The highest BCUT2D eigenvalue weighted by Gasteiger charge is 2.51. The fourth-order valence-corrected chi connectivity index (χ4v) is 8.82. The van der Waals surface area contributed by atoms with Gasteiger partial charge in [0.1, 0.15) is 18.3 Å². The van der Waals surface area contributed by atoms with Crippen molar-refractivity contribution in [1.82, 2.24) is 10.2 Å². The molecule has 1 N–H and O–H groups in total. The lowest BCUT2D eigenvalue weighted by atomic mass is 9.48. The predicted molar refractivity (Wildman–Crippen MR) is 165 cm³/mol. The third-order valence-corrected chi connectivity index (χ3v) is 10.7. The average molecular weight is 596 g/mol. The van der Waals surface area contributed by atoms with E-state index in [0.29, 0.717) is 11.4 Å². The van der Waals surface area contributed by atoms with E-state index < -0.39 is 28.5 Å². The summed E-state index contributed by atoms with van der Waals surface area (Å²) in [4.78, 5) is 28.3. The molecule has 0 spiro atoms. The fourth-order valence-electron chi connectivity index (χ4n) is 7.97. The van der Waals surface area contributed by atoms with Crippen LogP contribution in [0.3, 0.4) is 0 Å². The number of sulfonamides is 1. The van der Waals surface area contributed by atoms with Crippen LogP contribution in [-0.2, 0) is 31.6 Å². The minimum Gasteiger partial charge on any atom is -0.497 e. The van der Waals surface area contributed by atoms with Crippen LogP contribution in [0.5, 0.6) is 5.75 Å². The summed E-state index contributed by atoms with van der Waals surface area (Å²) in [6, 6.07) is 14.2. The van der Waals surface area contributed by atoms with E-state index >= 15 is 0 Å².